The maximum Gasteiger partial charge on any atom is 0.242 e. The SMILES string of the molecule is CC(C)N1CC[C@@]2(C[C@@H](C(=O)NCCc3c[nH]c4ccc(Cl)cc34)NC2=O)C1. The molecule has 3 N–H and O–H groups in total. The zero-order valence-electron chi connectivity index (χ0n) is 16.3. The first kappa shape index (κ1) is 19.3. The van der Waals surface area contributed by atoms with Gasteiger partial charge in [-0.1, -0.05) is 11.6 Å². The molecule has 2 aliphatic rings. The van der Waals surface area contributed by atoms with Crippen LogP contribution in [0.1, 0.15) is 32.3 Å². The van der Waals surface area contributed by atoms with Crippen LogP contribution in [0.25, 0.3) is 10.9 Å². The first-order valence-corrected chi connectivity index (χ1v) is 10.3. The standard InChI is InChI=1S/C21H27ClN4O2/c1-13(2)26-8-6-21(12-26)10-18(25-20(21)28)19(27)23-7-5-14-11-24-17-4-3-15(22)9-16(14)17/h3-4,9,11,13,18,24H,5-8,10,12H2,1-2H3,(H,23,27)(H,25,28)/t18-,21+/m0/s1. The molecule has 6 nitrogen and oxygen atoms in total. The van der Waals surface area contributed by atoms with E-state index in [1.807, 2.05) is 24.4 Å². The monoisotopic (exact) mass is 402 g/mol. The summed E-state index contributed by atoms with van der Waals surface area (Å²) in [6.45, 7) is 6.48. The zero-order chi connectivity index (χ0) is 19.9. The largest absolute Gasteiger partial charge is 0.361 e. The average Bonchev–Trinajstić information content (AvgIpc) is 3.34. The summed E-state index contributed by atoms with van der Waals surface area (Å²) in [5, 5.41) is 7.69. The molecule has 1 spiro atoms. The van der Waals surface area contributed by atoms with Gasteiger partial charge < -0.3 is 15.6 Å². The molecule has 2 atom stereocenters. The van der Waals surface area contributed by atoms with Gasteiger partial charge in [-0.2, -0.15) is 0 Å². The third-order valence-electron chi connectivity index (χ3n) is 6.24. The third-order valence-corrected chi connectivity index (χ3v) is 6.47. The molecule has 150 valence electrons. The maximum atomic E-state index is 12.6. The van der Waals surface area contributed by atoms with Crippen LogP contribution in [0.4, 0.5) is 0 Å². The number of nitrogens with zero attached hydrogens (tertiary/aromatic N) is 1. The van der Waals surface area contributed by atoms with Gasteiger partial charge in [0.1, 0.15) is 6.04 Å². The molecule has 0 unspecified atom stereocenters. The summed E-state index contributed by atoms with van der Waals surface area (Å²) in [6.07, 6.45) is 4.08. The fourth-order valence-electron chi connectivity index (χ4n) is 4.50. The van der Waals surface area contributed by atoms with Crippen molar-refractivity contribution >= 4 is 34.3 Å². The molecule has 0 bridgehead atoms. The van der Waals surface area contributed by atoms with Crippen molar-refractivity contribution in [2.24, 2.45) is 5.41 Å². The van der Waals surface area contributed by atoms with E-state index in [1.54, 1.807) is 0 Å². The van der Waals surface area contributed by atoms with Gasteiger partial charge in [-0.25, -0.2) is 0 Å². The number of carbonyl (C=O) groups excluding carboxylic acids is 2. The van der Waals surface area contributed by atoms with Gasteiger partial charge in [0, 0.05) is 41.3 Å². The highest BCUT2D eigenvalue weighted by molar-refractivity contribution is 6.31. The number of benzene rings is 1. The van der Waals surface area contributed by atoms with Crippen LogP contribution in [0, 0.1) is 5.41 Å². The number of hydrogen-bond acceptors (Lipinski definition) is 3. The van der Waals surface area contributed by atoms with Crippen LogP contribution in [0.15, 0.2) is 24.4 Å². The van der Waals surface area contributed by atoms with E-state index in [0.717, 1.165) is 36.0 Å². The van der Waals surface area contributed by atoms with Crippen molar-refractivity contribution in [3.63, 3.8) is 0 Å². The van der Waals surface area contributed by atoms with Crippen LogP contribution >= 0.6 is 11.6 Å². The van der Waals surface area contributed by atoms with E-state index in [4.69, 9.17) is 11.6 Å². The Morgan fingerprint density at radius 1 is 1.43 bits per heavy atom. The van der Waals surface area contributed by atoms with Gasteiger partial charge in [-0.15, -0.1) is 0 Å². The van der Waals surface area contributed by atoms with E-state index < -0.39 is 11.5 Å². The lowest BCUT2D eigenvalue weighted by molar-refractivity contribution is -0.128. The van der Waals surface area contributed by atoms with Crippen LogP contribution < -0.4 is 10.6 Å². The Morgan fingerprint density at radius 2 is 2.25 bits per heavy atom. The summed E-state index contributed by atoms with van der Waals surface area (Å²) in [7, 11) is 0. The fraction of sp³-hybridized carbons (Fsp3) is 0.524. The number of H-pyrrole nitrogens is 1. The molecule has 28 heavy (non-hydrogen) atoms. The Balaban J connectivity index is 1.33. The van der Waals surface area contributed by atoms with E-state index in [-0.39, 0.29) is 11.8 Å². The van der Waals surface area contributed by atoms with E-state index in [9.17, 15) is 9.59 Å². The van der Waals surface area contributed by atoms with Crippen molar-refractivity contribution in [1.82, 2.24) is 20.5 Å². The molecule has 2 aliphatic heterocycles. The van der Waals surface area contributed by atoms with E-state index in [2.05, 4.69) is 34.4 Å². The Bertz CT molecular complexity index is 909. The number of fused-ring (bicyclic) bond motifs is 1. The molecule has 2 aromatic rings. The lowest BCUT2D eigenvalue weighted by Gasteiger charge is -2.23. The van der Waals surface area contributed by atoms with Crippen LogP contribution in [0.2, 0.25) is 5.02 Å². The van der Waals surface area contributed by atoms with Gasteiger partial charge in [-0.3, -0.25) is 14.5 Å². The highest BCUT2D eigenvalue weighted by Gasteiger charge is 2.52. The highest BCUT2D eigenvalue weighted by atomic mass is 35.5. The number of halogens is 1. The quantitative estimate of drug-likeness (QED) is 0.719. The third kappa shape index (κ3) is 3.51. The van der Waals surface area contributed by atoms with Gasteiger partial charge in [0.25, 0.3) is 0 Å². The first-order chi connectivity index (χ1) is 13.4. The molecule has 0 radical (unpaired) electrons. The number of rotatable bonds is 5. The summed E-state index contributed by atoms with van der Waals surface area (Å²) in [5.74, 6) is -0.0619. The van der Waals surface area contributed by atoms with E-state index in [1.165, 1.54) is 0 Å². The van der Waals surface area contributed by atoms with Crippen molar-refractivity contribution in [3.05, 3.63) is 35.0 Å². The second-order valence-corrected chi connectivity index (χ2v) is 8.81. The summed E-state index contributed by atoms with van der Waals surface area (Å²) in [4.78, 5) is 30.8. The maximum absolute atomic E-state index is 12.6. The lowest BCUT2D eigenvalue weighted by atomic mass is 9.84. The van der Waals surface area contributed by atoms with Gasteiger partial charge in [0.15, 0.2) is 0 Å². The second kappa shape index (κ2) is 7.41. The van der Waals surface area contributed by atoms with Crippen molar-refractivity contribution in [2.75, 3.05) is 19.6 Å². The Morgan fingerprint density at radius 3 is 3.00 bits per heavy atom. The predicted octanol–water partition coefficient (Wildman–Crippen LogP) is 2.47. The van der Waals surface area contributed by atoms with Crippen molar-refractivity contribution in [3.8, 4) is 0 Å². The van der Waals surface area contributed by atoms with Crippen molar-refractivity contribution in [2.45, 2.75) is 45.2 Å². The number of nitrogens with one attached hydrogen (secondary N) is 3. The summed E-state index contributed by atoms with van der Waals surface area (Å²) in [5.41, 5.74) is 1.75. The number of amides is 2. The van der Waals surface area contributed by atoms with Crippen LogP contribution in [0.3, 0.4) is 0 Å². The molecule has 2 amide bonds. The number of likely N-dealkylation sites (tertiary alicyclic amines) is 1. The van der Waals surface area contributed by atoms with Gasteiger partial charge in [0.05, 0.1) is 5.41 Å². The summed E-state index contributed by atoms with van der Waals surface area (Å²) < 4.78 is 0. The highest BCUT2D eigenvalue weighted by Crippen LogP contribution is 2.40. The fourth-order valence-corrected chi connectivity index (χ4v) is 4.67. The van der Waals surface area contributed by atoms with Crippen LogP contribution in [0.5, 0.6) is 0 Å². The predicted molar refractivity (Wildman–Crippen MR) is 110 cm³/mol. The van der Waals surface area contributed by atoms with Gasteiger partial charge in [0.2, 0.25) is 11.8 Å². The number of aromatic amines is 1. The molecule has 1 aromatic heterocycles. The molecule has 7 heteroatoms. The lowest BCUT2D eigenvalue weighted by Crippen LogP contribution is -2.42. The Hall–Kier alpha value is -2.05. The summed E-state index contributed by atoms with van der Waals surface area (Å²) >= 11 is 6.09. The Kier molecular flexibility index (Phi) is 5.10. The second-order valence-electron chi connectivity index (χ2n) is 8.37. The van der Waals surface area contributed by atoms with Crippen molar-refractivity contribution < 1.29 is 9.59 Å². The smallest absolute Gasteiger partial charge is 0.242 e. The topological polar surface area (TPSA) is 77.2 Å². The molecule has 2 saturated heterocycles. The van der Waals surface area contributed by atoms with Gasteiger partial charge in [-0.05, 0) is 63.4 Å². The molecule has 1 aromatic carbocycles. The Labute approximate surface area is 170 Å². The number of aromatic nitrogens is 1. The molecule has 4 rings (SSSR count). The minimum atomic E-state index is -0.433. The van der Waals surface area contributed by atoms with Gasteiger partial charge >= 0.3 is 0 Å². The summed E-state index contributed by atoms with van der Waals surface area (Å²) in [6, 6.07) is 5.73. The minimum Gasteiger partial charge on any atom is -0.361 e. The van der Waals surface area contributed by atoms with E-state index in [0.29, 0.717) is 30.5 Å². The number of carbonyl (C=O) groups is 2. The number of hydrogen-bond donors (Lipinski definition) is 3. The molecular formula is C21H27ClN4O2. The average molecular weight is 403 g/mol. The first-order valence-electron chi connectivity index (χ1n) is 9.96. The molecule has 3 heterocycles. The molecule has 0 aliphatic carbocycles. The zero-order valence-corrected chi connectivity index (χ0v) is 17.1. The normalized spacial score (nSPS) is 25.1. The molecule has 0 saturated carbocycles. The van der Waals surface area contributed by atoms with Crippen LogP contribution in [-0.4, -0.2) is 53.4 Å². The van der Waals surface area contributed by atoms with E-state index >= 15 is 0 Å². The van der Waals surface area contributed by atoms with Crippen LogP contribution in [-0.2, 0) is 16.0 Å². The molecule has 2 fully saturated rings. The van der Waals surface area contributed by atoms with Crippen molar-refractivity contribution in [1.29, 1.82) is 0 Å². The minimum absolute atomic E-state index is 0.0297. The molecular weight excluding hydrogens is 376 g/mol.